The van der Waals surface area contributed by atoms with Gasteiger partial charge in [-0.25, -0.2) is 0 Å². The number of nitrogens with zero attached hydrogens (tertiary/aromatic N) is 1. The number of amides is 1. The summed E-state index contributed by atoms with van der Waals surface area (Å²) in [5.74, 6) is 0.0370. The molecular formula is C10H21NO3. The summed E-state index contributed by atoms with van der Waals surface area (Å²) in [6.45, 7) is 6.40. The highest BCUT2D eigenvalue weighted by molar-refractivity contribution is 5.73. The standard InChI is InChI=1S/C8H15NO3.C2H6/c1-7(11)9-4-2-8(12,6-10)3-5-9;1-2/h10,12H,2-6H2,1H3;1-2H3. The molecule has 0 unspecified atom stereocenters. The molecule has 84 valence electrons. The molecule has 1 heterocycles. The van der Waals surface area contributed by atoms with Crippen LogP contribution in [0.5, 0.6) is 0 Å². The number of aliphatic hydroxyl groups is 2. The number of likely N-dealkylation sites (tertiary alicyclic amines) is 1. The van der Waals surface area contributed by atoms with Crippen LogP contribution in [-0.2, 0) is 4.79 Å². The Labute approximate surface area is 85.5 Å². The molecule has 1 aliphatic rings. The normalized spacial score (nSPS) is 19.6. The second-order valence-electron chi connectivity index (χ2n) is 3.39. The molecule has 0 atom stereocenters. The Morgan fingerprint density at radius 1 is 1.36 bits per heavy atom. The van der Waals surface area contributed by atoms with E-state index >= 15 is 0 Å². The highest BCUT2D eigenvalue weighted by atomic mass is 16.3. The summed E-state index contributed by atoms with van der Waals surface area (Å²) in [6.07, 6.45) is 0.951. The van der Waals surface area contributed by atoms with Gasteiger partial charge in [0.1, 0.15) is 0 Å². The monoisotopic (exact) mass is 203 g/mol. The predicted molar refractivity (Wildman–Crippen MR) is 54.9 cm³/mol. The summed E-state index contributed by atoms with van der Waals surface area (Å²) in [5, 5.41) is 18.4. The average Bonchev–Trinajstić information content (AvgIpc) is 2.21. The molecule has 0 spiro atoms. The molecule has 0 radical (unpaired) electrons. The minimum Gasteiger partial charge on any atom is -0.393 e. The minimum atomic E-state index is -0.952. The van der Waals surface area contributed by atoms with E-state index in [4.69, 9.17) is 5.11 Å². The molecule has 0 aromatic rings. The Kier molecular flexibility index (Phi) is 5.72. The fraction of sp³-hybridized carbons (Fsp3) is 0.900. The molecule has 0 aromatic heterocycles. The highest BCUT2D eigenvalue weighted by Crippen LogP contribution is 2.21. The number of aliphatic hydroxyl groups excluding tert-OH is 1. The first-order chi connectivity index (χ1) is 6.57. The maximum atomic E-state index is 10.9. The minimum absolute atomic E-state index is 0.0370. The van der Waals surface area contributed by atoms with Crippen LogP contribution in [0.3, 0.4) is 0 Å². The fourth-order valence-electron chi connectivity index (χ4n) is 1.40. The molecular weight excluding hydrogens is 182 g/mol. The van der Waals surface area contributed by atoms with Gasteiger partial charge in [0.25, 0.3) is 0 Å². The summed E-state index contributed by atoms with van der Waals surface area (Å²) < 4.78 is 0. The van der Waals surface area contributed by atoms with Gasteiger partial charge < -0.3 is 15.1 Å². The van der Waals surface area contributed by atoms with Crippen LogP contribution in [0, 0.1) is 0 Å². The number of rotatable bonds is 1. The average molecular weight is 203 g/mol. The first kappa shape index (κ1) is 13.4. The maximum Gasteiger partial charge on any atom is 0.219 e. The van der Waals surface area contributed by atoms with Crippen LogP contribution in [0.1, 0.15) is 33.6 Å². The Hall–Kier alpha value is -0.610. The molecule has 0 aliphatic carbocycles. The predicted octanol–water partition coefficient (Wildman–Crippen LogP) is 0.378. The summed E-state index contributed by atoms with van der Waals surface area (Å²) in [4.78, 5) is 12.6. The SMILES string of the molecule is CC.CC(=O)N1CCC(O)(CO)CC1. The largest absolute Gasteiger partial charge is 0.393 e. The van der Waals surface area contributed by atoms with Gasteiger partial charge in [-0.2, -0.15) is 0 Å². The van der Waals surface area contributed by atoms with E-state index in [0.717, 1.165) is 0 Å². The maximum absolute atomic E-state index is 10.9. The van der Waals surface area contributed by atoms with Gasteiger partial charge in [-0.05, 0) is 12.8 Å². The zero-order chi connectivity index (χ0) is 11.2. The Morgan fingerprint density at radius 2 is 1.79 bits per heavy atom. The second kappa shape index (κ2) is 5.98. The first-order valence-electron chi connectivity index (χ1n) is 5.16. The van der Waals surface area contributed by atoms with Crippen molar-refractivity contribution in [2.24, 2.45) is 0 Å². The number of carbonyl (C=O) groups is 1. The molecule has 1 saturated heterocycles. The van der Waals surface area contributed by atoms with Crippen molar-refractivity contribution in [2.45, 2.75) is 39.2 Å². The van der Waals surface area contributed by atoms with E-state index in [9.17, 15) is 9.90 Å². The van der Waals surface area contributed by atoms with Crippen LogP contribution in [0.2, 0.25) is 0 Å². The van der Waals surface area contributed by atoms with Gasteiger partial charge in [0, 0.05) is 20.0 Å². The van der Waals surface area contributed by atoms with Crippen LogP contribution in [0.15, 0.2) is 0 Å². The molecule has 2 N–H and O–H groups in total. The first-order valence-corrected chi connectivity index (χ1v) is 5.16. The van der Waals surface area contributed by atoms with Gasteiger partial charge in [0.05, 0.1) is 12.2 Å². The lowest BCUT2D eigenvalue weighted by Crippen LogP contribution is -2.47. The smallest absolute Gasteiger partial charge is 0.219 e. The Balaban J connectivity index is 0.000000791. The molecule has 1 rings (SSSR count). The van der Waals surface area contributed by atoms with Gasteiger partial charge in [-0.3, -0.25) is 4.79 Å². The van der Waals surface area contributed by atoms with Gasteiger partial charge >= 0.3 is 0 Å². The van der Waals surface area contributed by atoms with Gasteiger partial charge in [0.2, 0.25) is 5.91 Å². The van der Waals surface area contributed by atoms with Crippen molar-refractivity contribution in [3.63, 3.8) is 0 Å². The quantitative estimate of drug-likeness (QED) is 0.647. The molecule has 4 nitrogen and oxygen atoms in total. The van der Waals surface area contributed by atoms with Crippen molar-refractivity contribution in [2.75, 3.05) is 19.7 Å². The summed E-state index contributed by atoms with van der Waals surface area (Å²) in [5.41, 5.74) is -0.952. The Bertz CT molecular complexity index is 174. The van der Waals surface area contributed by atoms with Crippen molar-refractivity contribution in [3.05, 3.63) is 0 Å². The highest BCUT2D eigenvalue weighted by Gasteiger charge is 2.32. The summed E-state index contributed by atoms with van der Waals surface area (Å²) in [6, 6.07) is 0. The van der Waals surface area contributed by atoms with Crippen LogP contribution in [-0.4, -0.2) is 46.3 Å². The van der Waals surface area contributed by atoms with E-state index in [1.165, 1.54) is 6.92 Å². The molecule has 4 heteroatoms. The molecule has 0 bridgehead atoms. The molecule has 1 aliphatic heterocycles. The zero-order valence-corrected chi connectivity index (χ0v) is 9.29. The van der Waals surface area contributed by atoms with Crippen molar-refractivity contribution < 1.29 is 15.0 Å². The van der Waals surface area contributed by atoms with Gasteiger partial charge in [-0.15, -0.1) is 0 Å². The topological polar surface area (TPSA) is 60.8 Å². The van der Waals surface area contributed by atoms with Gasteiger partial charge in [0.15, 0.2) is 0 Å². The lowest BCUT2D eigenvalue weighted by molar-refractivity contribution is -0.134. The summed E-state index contributed by atoms with van der Waals surface area (Å²) >= 11 is 0. The van der Waals surface area contributed by atoms with Crippen LogP contribution in [0.25, 0.3) is 0 Å². The van der Waals surface area contributed by atoms with E-state index < -0.39 is 5.60 Å². The second-order valence-corrected chi connectivity index (χ2v) is 3.39. The Morgan fingerprint density at radius 3 is 2.07 bits per heavy atom. The van der Waals surface area contributed by atoms with Crippen molar-refractivity contribution in [3.8, 4) is 0 Å². The van der Waals surface area contributed by atoms with Crippen LogP contribution >= 0.6 is 0 Å². The molecule has 0 aromatic carbocycles. The van der Waals surface area contributed by atoms with Crippen molar-refractivity contribution >= 4 is 5.91 Å². The van der Waals surface area contributed by atoms with E-state index in [-0.39, 0.29) is 12.5 Å². The van der Waals surface area contributed by atoms with Crippen LogP contribution in [0.4, 0.5) is 0 Å². The summed E-state index contributed by atoms with van der Waals surface area (Å²) in [7, 11) is 0. The van der Waals surface area contributed by atoms with Crippen molar-refractivity contribution in [1.29, 1.82) is 0 Å². The van der Waals surface area contributed by atoms with E-state index in [1.807, 2.05) is 13.8 Å². The molecule has 1 amide bonds. The third-order valence-electron chi connectivity index (χ3n) is 2.43. The number of carbonyl (C=O) groups excluding carboxylic acids is 1. The lowest BCUT2D eigenvalue weighted by atomic mass is 9.92. The van der Waals surface area contributed by atoms with Crippen LogP contribution < -0.4 is 0 Å². The molecule has 14 heavy (non-hydrogen) atoms. The number of hydrogen-bond donors (Lipinski definition) is 2. The molecule has 0 saturated carbocycles. The number of hydrogen-bond acceptors (Lipinski definition) is 3. The number of piperidine rings is 1. The van der Waals surface area contributed by atoms with E-state index in [0.29, 0.717) is 25.9 Å². The third-order valence-corrected chi connectivity index (χ3v) is 2.43. The van der Waals surface area contributed by atoms with E-state index in [1.54, 1.807) is 4.90 Å². The fourth-order valence-corrected chi connectivity index (χ4v) is 1.40. The van der Waals surface area contributed by atoms with Crippen molar-refractivity contribution in [1.82, 2.24) is 4.90 Å². The lowest BCUT2D eigenvalue weighted by Gasteiger charge is -2.36. The third kappa shape index (κ3) is 3.64. The zero-order valence-electron chi connectivity index (χ0n) is 9.29. The van der Waals surface area contributed by atoms with Gasteiger partial charge in [-0.1, -0.05) is 13.8 Å². The van der Waals surface area contributed by atoms with E-state index in [2.05, 4.69) is 0 Å². The molecule has 1 fully saturated rings.